The molecule has 4 rings (SSSR count). The second-order valence-electron chi connectivity index (χ2n) is 5.86. The lowest BCUT2D eigenvalue weighted by Crippen LogP contribution is -2.21. The summed E-state index contributed by atoms with van der Waals surface area (Å²) in [5, 5.41) is 10.4. The second-order valence-corrected chi connectivity index (χ2v) is 7.02. The van der Waals surface area contributed by atoms with Gasteiger partial charge < -0.3 is 15.6 Å². The van der Waals surface area contributed by atoms with Gasteiger partial charge >= 0.3 is 0 Å². The quantitative estimate of drug-likeness (QED) is 0.692. The van der Waals surface area contributed by atoms with E-state index in [1.54, 1.807) is 11.9 Å². The van der Waals surface area contributed by atoms with Crippen LogP contribution in [0.2, 0.25) is 5.02 Å². The molecule has 3 heterocycles. The minimum absolute atomic E-state index is 0.186. The molecule has 0 bridgehead atoms. The number of nitrogens with two attached hydrogens (primary N) is 1. The second kappa shape index (κ2) is 8.73. The van der Waals surface area contributed by atoms with Gasteiger partial charge in [0.2, 0.25) is 5.95 Å². The first-order chi connectivity index (χ1) is 12.6. The van der Waals surface area contributed by atoms with E-state index in [1.165, 1.54) is 6.20 Å². The predicted molar refractivity (Wildman–Crippen MR) is 107 cm³/mol. The van der Waals surface area contributed by atoms with Gasteiger partial charge in [0, 0.05) is 30.0 Å². The molecular formula is C18H21ClN4O2S. The molecule has 1 fully saturated rings. The molecule has 2 aromatic heterocycles. The van der Waals surface area contributed by atoms with E-state index in [9.17, 15) is 0 Å². The minimum atomic E-state index is -0.186. The number of ether oxygens (including phenoxy) is 1. The van der Waals surface area contributed by atoms with E-state index in [-0.39, 0.29) is 12.1 Å². The number of hydrogen-bond acceptors (Lipinski definition) is 6. The predicted octanol–water partition coefficient (Wildman–Crippen LogP) is 3.62. The summed E-state index contributed by atoms with van der Waals surface area (Å²) in [6.45, 7) is 1.37. The van der Waals surface area contributed by atoms with Crippen LogP contribution in [0.1, 0.15) is 12.8 Å². The maximum absolute atomic E-state index is 8.78. The lowest BCUT2D eigenvalue weighted by molar-refractivity contribution is -0.00535. The van der Waals surface area contributed by atoms with Gasteiger partial charge in [-0.15, -0.1) is 0 Å². The van der Waals surface area contributed by atoms with Gasteiger partial charge in [0.25, 0.3) is 0 Å². The van der Waals surface area contributed by atoms with E-state index < -0.39 is 0 Å². The van der Waals surface area contributed by atoms with Crippen molar-refractivity contribution < 1.29 is 9.84 Å². The highest BCUT2D eigenvalue weighted by Crippen LogP contribution is 2.33. The van der Waals surface area contributed by atoms with Crippen molar-refractivity contribution in [3.8, 4) is 11.3 Å². The van der Waals surface area contributed by atoms with Crippen LogP contribution in [-0.4, -0.2) is 44.6 Å². The van der Waals surface area contributed by atoms with Crippen LogP contribution in [0.5, 0.6) is 0 Å². The van der Waals surface area contributed by atoms with Gasteiger partial charge in [-0.3, -0.25) is 3.97 Å². The van der Waals surface area contributed by atoms with Gasteiger partial charge in [-0.1, -0.05) is 23.7 Å². The Bertz CT molecular complexity index is 881. The number of aromatic nitrogens is 3. The van der Waals surface area contributed by atoms with Gasteiger partial charge in [0.1, 0.15) is 0 Å². The van der Waals surface area contributed by atoms with Gasteiger partial charge in [0.15, 0.2) is 0 Å². The van der Waals surface area contributed by atoms with E-state index >= 15 is 0 Å². The third-order valence-electron chi connectivity index (χ3n) is 4.05. The molecule has 8 heteroatoms. The lowest BCUT2D eigenvalue weighted by Gasteiger charge is -2.15. The number of benzene rings is 1. The number of anilines is 1. The molecule has 26 heavy (non-hydrogen) atoms. The summed E-state index contributed by atoms with van der Waals surface area (Å²) in [6.07, 6.45) is 7.33. The summed E-state index contributed by atoms with van der Waals surface area (Å²) in [4.78, 5) is 8.14. The number of fused-ring (bicyclic) bond motifs is 1. The van der Waals surface area contributed by atoms with E-state index in [4.69, 9.17) is 27.2 Å². The van der Waals surface area contributed by atoms with E-state index in [0.717, 1.165) is 35.9 Å². The first-order valence-electron chi connectivity index (χ1n) is 8.29. The summed E-state index contributed by atoms with van der Waals surface area (Å²) in [5.74, 6) is 0.223. The zero-order valence-corrected chi connectivity index (χ0v) is 16.0. The average Bonchev–Trinajstić information content (AvgIpc) is 3.08. The number of nitrogen functional groups attached to an aromatic ring is 1. The highest BCUT2D eigenvalue weighted by atomic mass is 35.5. The fourth-order valence-corrected chi connectivity index (χ4v) is 3.53. The highest BCUT2D eigenvalue weighted by molar-refractivity contribution is 7.97. The lowest BCUT2D eigenvalue weighted by atomic mass is 10.1. The molecule has 3 N–H and O–H groups in total. The van der Waals surface area contributed by atoms with Crippen molar-refractivity contribution in [3.63, 3.8) is 0 Å². The summed E-state index contributed by atoms with van der Waals surface area (Å²) in [6, 6.07) is 8.09. The number of aliphatic hydroxyl groups excluding tert-OH is 1. The average molecular weight is 393 g/mol. The van der Waals surface area contributed by atoms with Crippen molar-refractivity contribution >= 4 is 40.4 Å². The fourth-order valence-electron chi connectivity index (χ4n) is 2.80. The van der Waals surface area contributed by atoms with Crippen molar-refractivity contribution in [2.45, 2.75) is 18.9 Å². The van der Waals surface area contributed by atoms with Crippen LogP contribution in [-0.2, 0) is 4.74 Å². The smallest absolute Gasteiger partial charge is 0.220 e. The molecule has 0 spiro atoms. The zero-order chi connectivity index (χ0) is 18.5. The van der Waals surface area contributed by atoms with Crippen LogP contribution < -0.4 is 5.73 Å². The number of halogens is 1. The van der Waals surface area contributed by atoms with E-state index in [1.807, 2.05) is 24.6 Å². The maximum atomic E-state index is 8.78. The Kier molecular flexibility index (Phi) is 6.37. The zero-order valence-electron chi connectivity index (χ0n) is 14.4. The largest absolute Gasteiger partial charge is 0.391 e. The summed E-state index contributed by atoms with van der Waals surface area (Å²) in [7, 11) is 0. The molecule has 1 atom stereocenters. The van der Waals surface area contributed by atoms with Crippen molar-refractivity contribution in [3.05, 3.63) is 41.7 Å². The minimum Gasteiger partial charge on any atom is -0.391 e. The number of nitrogens with zero attached hydrogens (tertiary/aromatic N) is 3. The fraction of sp³-hybridized carbons (Fsp3) is 0.333. The van der Waals surface area contributed by atoms with Crippen LogP contribution in [0, 0.1) is 0 Å². The van der Waals surface area contributed by atoms with Crippen molar-refractivity contribution in [2.75, 3.05) is 25.2 Å². The molecule has 1 unspecified atom stereocenters. The molecule has 138 valence electrons. The summed E-state index contributed by atoms with van der Waals surface area (Å²) in [5.41, 5.74) is 8.40. The standard InChI is InChI=1S/C13H11ClN4S.C5H10O2/c1-19-18-6-5-8-9(3-2-4-11(8)18)12-10(14)7-16-13(15)17-12;6-5-2-1-3-7-4-5/h2-7H,1H3,(H2,15,16,17);5-6H,1-4H2. The molecule has 0 aliphatic carbocycles. The van der Waals surface area contributed by atoms with Crippen LogP contribution in [0.3, 0.4) is 0 Å². The molecular weight excluding hydrogens is 372 g/mol. The number of rotatable bonds is 2. The Hall–Kier alpha value is -1.80. The molecule has 0 amide bonds. The molecule has 1 saturated heterocycles. The Morgan fingerprint density at radius 1 is 1.38 bits per heavy atom. The topological polar surface area (TPSA) is 86.2 Å². The molecule has 1 aliphatic heterocycles. The highest BCUT2D eigenvalue weighted by Gasteiger charge is 2.12. The Labute approximate surface area is 161 Å². The van der Waals surface area contributed by atoms with Crippen LogP contribution >= 0.6 is 23.5 Å². The third-order valence-corrected chi connectivity index (χ3v) is 5.04. The summed E-state index contributed by atoms with van der Waals surface area (Å²) >= 11 is 7.82. The first-order valence-corrected chi connectivity index (χ1v) is 9.85. The molecule has 3 aromatic rings. The normalized spacial score (nSPS) is 17.0. The molecule has 0 radical (unpaired) electrons. The van der Waals surface area contributed by atoms with E-state index in [2.05, 4.69) is 26.1 Å². The van der Waals surface area contributed by atoms with Crippen LogP contribution in [0.15, 0.2) is 36.7 Å². The monoisotopic (exact) mass is 392 g/mol. The van der Waals surface area contributed by atoms with Crippen LogP contribution in [0.25, 0.3) is 22.2 Å². The van der Waals surface area contributed by atoms with Gasteiger partial charge in [0.05, 0.1) is 35.1 Å². The first kappa shape index (κ1) is 19.0. The van der Waals surface area contributed by atoms with Crippen molar-refractivity contribution in [1.29, 1.82) is 0 Å². The molecule has 6 nitrogen and oxygen atoms in total. The maximum Gasteiger partial charge on any atom is 0.220 e. The Morgan fingerprint density at radius 2 is 2.23 bits per heavy atom. The Balaban J connectivity index is 0.000000236. The third kappa shape index (κ3) is 4.29. The van der Waals surface area contributed by atoms with Gasteiger partial charge in [-0.2, -0.15) is 0 Å². The van der Waals surface area contributed by atoms with E-state index in [0.29, 0.717) is 17.3 Å². The van der Waals surface area contributed by atoms with Crippen molar-refractivity contribution in [1.82, 2.24) is 13.9 Å². The summed E-state index contributed by atoms with van der Waals surface area (Å²) < 4.78 is 7.03. The Morgan fingerprint density at radius 3 is 2.88 bits per heavy atom. The molecule has 0 saturated carbocycles. The number of hydrogen-bond donors (Lipinski definition) is 2. The number of aliphatic hydroxyl groups is 1. The SMILES string of the molecule is CSn1ccc2c(-c3nc(N)ncc3Cl)cccc21.OC1CCCOC1. The van der Waals surface area contributed by atoms with Crippen LogP contribution in [0.4, 0.5) is 5.95 Å². The van der Waals surface area contributed by atoms with Crippen molar-refractivity contribution in [2.24, 2.45) is 0 Å². The van der Waals surface area contributed by atoms with Gasteiger partial charge in [-0.25, -0.2) is 9.97 Å². The molecule has 1 aromatic carbocycles. The van der Waals surface area contributed by atoms with Gasteiger partial charge in [-0.05, 0) is 36.9 Å². The molecule has 1 aliphatic rings.